The Hall–Kier alpha value is -1.89. The lowest BCUT2D eigenvalue weighted by Gasteiger charge is -2.35. The van der Waals surface area contributed by atoms with E-state index in [0.29, 0.717) is 10.6 Å². The van der Waals surface area contributed by atoms with Gasteiger partial charge in [-0.2, -0.15) is 4.31 Å². The van der Waals surface area contributed by atoms with Gasteiger partial charge in [-0.1, -0.05) is 35.9 Å². The second kappa shape index (κ2) is 6.55. The summed E-state index contributed by atoms with van der Waals surface area (Å²) in [7, 11) is -3.81. The molecule has 0 aliphatic carbocycles. The summed E-state index contributed by atoms with van der Waals surface area (Å²) in [4.78, 5) is 12.6. The van der Waals surface area contributed by atoms with Crippen molar-refractivity contribution in [2.75, 3.05) is 13.1 Å². The summed E-state index contributed by atoms with van der Waals surface area (Å²) in [5.74, 6) is -0.312. The van der Waals surface area contributed by atoms with Crippen LogP contribution in [0.4, 0.5) is 0 Å². The maximum atomic E-state index is 13.0. The van der Waals surface area contributed by atoms with Crippen LogP contribution in [0.2, 0.25) is 5.02 Å². The number of carbonyl (C=O) groups excluding carboxylic acids is 1. The first-order valence-corrected chi connectivity index (χ1v) is 9.34. The van der Waals surface area contributed by atoms with Gasteiger partial charge in [-0.05, 0) is 42.3 Å². The molecule has 24 heavy (non-hydrogen) atoms. The monoisotopic (exact) mass is 364 g/mol. The molecule has 1 unspecified atom stereocenters. The molecule has 0 spiro atoms. The summed E-state index contributed by atoms with van der Waals surface area (Å²) >= 11 is 5.84. The van der Waals surface area contributed by atoms with Gasteiger partial charge in [0.2, 0.25) is 15.9 Å². The molecule has 2 aromatic carbocycles. The normalized spacial score (nSPS) is 19.1. The number of amides is 1. The number of aryl methyl sites for hydroxylation is 1. The van der Waals surface area contributed by atoms with E-state index in [0.717, 1.165) is 5.56 Å². The predicted octanol–water partition coefficient (Wildman–Crippen LogP) is 2.51. The van der Waals surface area contributed by atoms with Crippen LogP contribution in [0.5, 0.6) is 0 Å². The lowest BCUT2D eigenvalue weighted by Crippen LogP contribution is -2.52. The fourth-order valence-corrected chi connectivity index (χ4v) is 4.53. The van der Waals surface area contributed by atoms with Crippen molar-refractivity contribution in [1.82, 2.24) is 9.62 Å². The lowest BCUT2D eigenvalue weighted by atomic mass is 9.99. The Morgan fingerprint density at radius 1 is 1.12 bits per heavy atom. The minimum Gasteiger partial charge on any atom is -0.353 e. The van der Waals surface area contributed by atoms with Crippen molar-refractivity contribution in [1.29, 1.82) is 0 Å². The summed E-state index contributed by atoms with van der Waals surface area (Å²) in [6, 6.07) is 12.4. The molecule has 0 saturated carbocycles. The topological polar surface area (TPSA) is 66.5 Å². The van der Waals surface area contributed by atoms with Crippen LogP contribution in [0, 0.1) is 6.92 Å². The summed E-state index contributed by atoms with van der Waals surface area (Å²) in [6.45, 7) is 2.37. The predicted molar refractivity (Wildman–Crippen MR) is 92.3 cm³/mol. The van der Waals surface area contributed by atoms with Gasteiger partial charge in [0.15, 0.2) is 0 Å². The Morgan fingerprint density at radius 2 is 1.79 bits per heavy atom. The molecular formula is C17H17ClN2O3S. The van der Waals surface area contributed by atoms with Gasteiger partial charge in [-0.15, -0.1) is 0 Å². The Kier molecular flexibility index (Phi) is 4.62. The van der Waals surface area contributed by atoms with Crippen LogP contribution in [0.1, 0.15) is 17.2 Å². The summed E-state index contributed by atoms with van der Waals surface area (Å²) < 4.78 is 27.3. The maximum Gasteiger partial charge on any atom is 0.244 e. The molecule has 0 radical (unpaired) electrons. The van der Waals surface area contributed by atoms with Gasteiger partial charge in [-0.25, -0.2) is 8.42 Å². The number of hydrogen-bond acceptors (Lipinski definition) is 3. The van der Waals surface area contributed by atoms with E-state index in [-0.39, 0.29) is 23.9 Å². The number of sulfonamides is 1. The van der Waals surface area contributed by atoms with Crippen LogP contribution in [-0.4, -0.2) is 31.7 Å². The van der Waals surface area contributed by atoms with Gasteiger partial charge < -0.3 is 5.32 Å². The molecule has 1 atom stereocenters. The largest absolute Gasteiger partial charge is 0.353 e. The first kappa shape index (κ1) is 17.0. The van der Waals surface area contributed by atoms with Gasteiger partial charge >= 0.3 is 0 Å². The first-order chi connectivity index (χ1) is 11.4. The molecule has 1 N–H and O–H groups in total. The van der Waals surface area contributed by atoms with Crippen LogP contribution >= 0.6 is 11.6 Å². The number of rotatable bonds is 3. The van der Waals surface area contributed by atoms with E-state index in [1.54, 1.807) is 12.1 Å². The number of carbonyl (C=O) groups is 1. The second-order valence-electron chi connectivity index (χ2n) is 5.62. The van der Waals surface area contributed by atoms with Crippen molar-refractivity contribution >= 4 is 27.5 Å². The quantitative estimate of drug-likeness (QED) is 0.910. The van der Waals surface area contributed by atoms with Crippen LogP contribution < -0.4 is 5.32 Å². The van der Waals surface area contributed by atoms with Crippen LogP contribution in [-0.2, 0) is 14.8 Å². The average Bonchev–Trinajstić information content (AvgIpc) is 2.56. The molecule has 1 aliphatic rings. The highest BCUT2D eigenvalue weighted by atomic mass is 35.5. The highest BCUT2D eigenvalue weighted by Crippen LogP contribution is 2.31. The van der Waals surface area contributed by atoms with Crippen LogP contribution in [0.15, 0.2) is 53.4 Å². The van der Waals surface area contributed by atoms with E-state index in [2.05, 4.69) is 5.32 Å². The third-order valence-electron chi connectivity index (χ3n) is 4.07. The summed E-state index contributed by atoms with van der Waals surface area (Å²) in [5, 5.41) is 3.21. The fraction of sp³-hybridized carbons (Fsp3) is 0.235. The van der Waals surface area contributed by atoms with Gasteiger partial charge in [-0.3, -0.25) is 4.79 Å². The smallest absolute Gasteiger partial charge is 0.244 e. The molecule has 126 valence electrons. The Bertz CT molecular complexity index is 866. The second-order valence-corrected chi connectivity index (χ2v) is 7.95. The van der Waals surface area contributed by atoms with E-state index in [1.807, 2.05) is 19.1 Å². The molecule has 0 bridgehead atoms. The third-order valence-corrected chi connectivity index (χ3v) is 6.20. The zero-order valence-corrected chi connectivity index (χ0v) is 14.6. The molecule has 2 aromatic rings. The molecule has 1 amide bonds. The molecule has 1 heterocycles. The first-order valence-electron chi connectivity index (χ1n) is 7.52. The average molecular weight is 365 g/mol. The standard InChI is InChI=1S/C17H17ClN2O3S/c1-12-4-2-3-5-15(12)16-17(21)19-10-11-20(16)24(22,23)14-8-6-13(18)7-9-14/h2-9,16H,10-11H2,1H3,(H,19,21). The SMILES string of the molecule is Cc1ccccc1C1C(=O)NCCN1S(=O)(=O)c1ccc(Cl)cc1. The molecule has 0 aromatic heterocycles. The van der Waals surface area contributed by atoms with Crippen LogP contribution in [0.25, 0.3) is 0 Å². The van der Waals surface area contributed by atoms with Crippen molar-refractivity contribution in [3.8, 4) is 0 Å². The number of piperazine rings is 1. The number of benzene rings is 2. The van der Waals surface area contributed by atoms with E-state index >= 15 is 0 Å². The van der Waals surface area contributed by atoms with Crippen molar-refractivity contribution in [3.05, 3.63) is 64.7 Å². The van der Waals surface area contributed by atoms with Gasteiger partial charge in [0.1, 0.15) is 6.04 Å². The van der Waals surface area contributed by atoms with E-state index in [9.17, 15) is 13.2 Å². The van der Waals surface area contributed by atoms with E-state index in [1.165, 1.54) is 28.6 Å². The van der Waals surface area contributed by atoms with Crippen molar-refractivity contribution in [2.45, 2.75) is 17.9 Å². The van der Waals surface area contributed by atoms with E-state index in [4.69, 9.17) is 11.6 Å². The Balaban J connectivity index is 2.08. The van der Waals surface area contributed by atoms with Crippen molar-refractivity contribution in [2.24, 2.45) is 0 Å². The number of nitrogens with zero attached hydrogens (tertiary/aromatic N) is 1. The molecular weight excluding hydrogens is 348 g/mol. The minimum atomic E-state index is -3.81. The summed E-state index contributed by atoms with van der Waals surface area (Å²) in [5.41, 5.74) is 1.56. The van der Waals surface area contributed by atoms with Crippen LogP contribution in [0.3, 0.4) is 0 Å². The summed E-state index contributed by atoms with van der Waals surface area (Å²) in [6.07, 6.45) is 0. The third kappa shape index (κ3) is 3.05. The lowest BCUT2D eigenvalue weighted by molar-refractivity contribution is -0.126. The van der Waals surface area contributed by atoms with Gasteiger partial charge in [0.25, 0.3) is 0 Å². The highest BCUT2D eigenvalue weighted by molar-refractivity contribution is 7.89. The maximum absolute atomic E-state index is 13.0. The molecule has 1 aliphatic heterocycles. The van der Waals surface area contributed by atoms with E-state index < -0.39 is 16.1 Å². The zero-order chi connectivity index (χ0) is 17.3. The van der Waals surface area contributed by atoms with Crippen molar-refractivity contribution in [3.63, 3.8) is 0 Å². The van der Waals surface area contributed by atoms with Gasteiger partial charge in [0, 0.05) is 18.1 Å². The number of halogens is 1. The molecule has 7 heteroatoms. The molecule has 5 nitrogen and oxygen atoms in total. The molecule has 1 fully saturated rings. The Labute approximate surface area is 146 Å². The zero-order valence-electron chi connectivity index (χ0n) is 13.1. The van der Waals surface area contributed by atoms with Gasteiger partial charge in [0.05, 0.1) is 4.90 Å². The highest BCUT2D eigenvalue weighted by Gasteiger charge is 2.39. The number of nitrogens with one attached hydrogen (secondary N) is 1. The minimum absolute atomic E-state index is 0.125. The number of hydrogen-bond donors (Lipinski definition) is 1. The van der Waals surface area contributed by atoms with Crippen molar-refractivity contribution < 1.29 is 13.2 Å². The molecule has 3 rings (SSSR count). The Morgan fingerprint density at radius 3 is 2.46 bits per heavy atom. The molecule has 1 saturated heterocycles. The fourth-order valence-electron chi connectivity index (χ4n) is 2.84.